The van der Waals surface area contributed by atoms with Crippen molar-refractivity contribution in [3.63, 3.8) is 0 Å². The van der Waals surface area contributed by atoms with Gasteiger partial charge in [0.1, 0.15) is 22.8 Å². The summed E-state index contributed by atoms with van der Waals surface area (Å²) in [5.74, 6) is 2.26. The average Bonchev–Trinajstić information content (AvgIpc) is 3.44. The summed E-state index contributed by atoms with van der Waals surface area (Å²) in [4.78, 5) is 32.2. The number of nitrogens with two attached hydrogens (primary N) is 1. The van der Waals surface area contributed by atoms with Crippen LogP contribution in [-0.2, 0) is 22.0 Å². The Hall–Kier alpha value is -3.54. The first kappa shape index (κ1) is 22.3. The van der Waals surface area contributed by atoms with Crippen molar-refractivity contribution in [3.05, 3.63) is 36.1 Å². The minimum absolute atomic E-state index is 0.0416. The van der Waals surface area contributed by atoms with Crippen LogP contribution in [0, 0.1) is 0 Å². The summed E-state index contributed by atoms with van der Waals surface area (Å²) >= 11 is 0. The quantitative estimate of drug-likeness (QED) is 0.534. The summed E-state index contributed by atoms with van der Waals surface area (Å²) in [5.41, 5.74) is 7.73. The van der Waals surface area contributed by atoms with Crippen LogP contribution >= 0.6 is 0 Å². The summed E-state index contributed by atoms with van der Waals surface area (Å²) in [6.45, 7) is 5.04. The summed E-state index contributed by atoms with van der Waals surface area (Å²) in [5, 5.41) is 3.29. The number of hydrogen-bond donors (Lipinski definition) is 2. The second-order valence-corrected chi connectivity index (χ2v) is 10.4. The molecular formula is C22H25N7O4S. The average molecular weight is 484 g/mol. The fraction of sp³-hybridized carbons (Fsp3) is 0.409. The van der Waals surface area contributed by atoms with Gasteiger partial charge < -0.3 is 25.1 Å². The van der Waals surface area contributed by atoms with E-state index in [0.29, 0.717) is 53.3 Å². The van der Waals surface area contributed by atoms with Crippen LogP contribution in [0.25, 0.3) is 16.7 Å². The largest absolute Gasteiger partial charge is 0.461 e. The van der Waals surface area contributed by atoms with Gasteiger partial charge >= 0.3 is 6.09 Å². The molecule has 5 heterocycles. The highest BCUT2D eigenvalue weighted by Crippen LogP contribution is 2.32. The lowest BCUT2D eigenvalue weighted by molar-refractivity contribution is 0.138. The Morgan fingerprint density at radius 3 is 2.94 bits per heavy atom. The SMILES string of the molecule is CC(C)(COC(N)=O)Nc1nc(N2CC=C(c3ncc4occc4n3)CC2)nc2c1S(=O)CC2. The molecular weight excluding hydrogens is 458 g/mol. The van der Waals surface area contributed by atoms with Crippen LogP contribution in [0.3, 0.4) is 0 Å². The monoisotopic (exact) mass is 483 g/mol. The van der Waals surface area contributed by atoms with Gasteiger partial charge in [0.25, 0.3) is 0 Å². The first-order valence-corrected chi connectivity index (χ1v) is 12.3. The van der Waals surface area contributed by atoms with Gasteiger partial charge in [-0.15, -0.1) is 0 Å². The smallest absolute Gasteiger partial charge is 0.404 e. The van der Waals surface area contributed by atoms with Crippen LogP contribution in [0.4, 0.5) is 16.6 Å². The first-order valence-electron chi connectivity index (χ1n) is 10.9. The number of rotatable bonds is 6. The number of ether oxygens (including phenoxy) is 1. The van der Waals surface area contributed by atoms with Crippen molar-refractivity contribution in [1.29, 1.82) is 0 Å². The second kappa shape index (κ2) is 8.67. The number of aryl methyl sites for hydroxylation is 1. The molecule has 0 fully saturated rings. The molecule has 0 aliphatic carbocycles. The molecule has 1 amide bonds. The normalized spacial score (nSPS) is 18.0. The molecule has 178 valence electrons. The molecule has 1 atom stereocenters. The topological polar surface area (TPSA) is 149 Å². The molecule has 3 N–H and O–H groups in total. The second-order valence-electron chi connectivity index (χ2n) is 8.85. The Balaban J connectivity index is 1.39. The van der Waals surface area contributed by atoms with E-state index in [1.54, 1.807) is 12.5 Å². The molecule has 11 nitrogen and oxygen atoms in total. The Kier molecular flexibility index (Phi) is 5.68. The maximum Gasteiger partial charge on any atom is 0.404 e. The molecule has 0 aromatic carbocycles. The summed E-state index contributed by atoms with van der Waals surface area (Å²) in [6, 6.07) is 1.82. The number of primary amides is 1. The van der Waals surface area contributed by atoms with Gasteiger partial charge in [-0.2, -0.15) is 4.98 Å². The zero-order valence-electron chi connectivity index (χ0n) is 18.9. The third-order valence-electron chi connectivity index (χ3n) is 5.69. The van der Waals surface area contributed by atoms with Crippen molar-refractivity contribution in [2.45, 2.75) is 37.1 Å². The minimum atomic E-state index is -1.18. The van der Waals surface area contributed by atoms with Crippen LogP contribution in [0.2, 0.25) is 0 Å². The molecule has 0 bridgehead atoms. The fourth-order valence-corrected chi connectivity index (χ4v) is 5.30. The van der Waals surface area contributed by atoms with Gasteiger partial charge in [0.05, 0.1) is 34.5 Å². The number of nitrogens with one attached hydrogen (secondary N) is 1. The molecule has 1 unspecified atom stereocenters. The Morgan fingerprint density at radius 1 is 1.32 bits per heavy atom. The van der Waals surface area contributed by atoms with E-state index in [-0.39, 0.29) is 6.61 Å². The zero-order valence-corrected chi connectivity index (χ0v) is 19.7. The molecule has 2 aliphatic heterocycles. The maximum absolute atomic E-state index is 12.6. The van der Waals surface area contributed by atoms with Gasteiger partial charge in [0, 0.05) is 31.3 Å². The van der Waals surface area contributed by atoms with E-state index in [4.69, 9.17) is 24.9 Å². The number of nitrogens with zero attached hydrogens (tertiary/aromatic N) is 5. The molecule has 5 rings (SSSR count). The van der Waals surface area contributed by atoms with Crippen molar-refractivity contribution in [2.75, 3.05) is 35.7 Å². The highest BCUT2D eigenvalue weighted by molar-refractivity contribution is 7.85. The molecule has 0 saturated carbocycles. The molecule has 2 aliphatic rings. The van der Waals surface area contributed by atoms with E-state index in [1.165, 1.54) is 0 Å². The molecule has 0 radical (unpaired) electrons. The number of aromatic nitrogens is 4. The highest BCUT2D eigenvalue weighted by Gasteiger charge is 2.31. The number of carbonyl (C=O) groups excluding carboxylic acids is 1. The van der Waals surface area contributed by atoms with Gasteiger partial charge in [-0.3, -0.25) is 4.21 Å². The summed E-state index contributed by atoms with van der Waals surface area (Å²) < 4.78 is 22.9. The minimum Gasteiger partial charge on any atom is -0.461 e. The van der Waals surface area contributed by atoms with Gasteiger partial charge in [0.15, 0.2) is 11.4 Å². The molecule has 3 aromatic rings. The first-order chi connectivity index (χ1) is 16.3. The molecule has 12 heteroatoms. The van der Waals surface area contributed by atoms with E-state index in [2.05, 4.69) is 26.3 Å². The lowest BCUT2D eigenvalue weighted by Crippen LogP contribution is -2.39. The Labute approximate surface area is 198 Å². The van der Waals surface area contributed by atoms with Crippen LogP contribution in [0.1, 0.15) is 31.8 Å². The van der Waals surface area contributed by atoms with E-state index in [1.807, 2.05) is 19.9 Å². The van der Waals surface area contributed by atoms with E-state index in [9.17, 15) is 9.00 Å². The standard InChI is InChI=1S/C22H25N7O4S/c1-22(2,12-33-20(23)30)28-19-17-15(6-10-34(17)31)26-21(27-19)29-7-3-13(4-8-29)18-24-11-16-14(25-18)5-9-32-16/h3,5,9,11H,4,6-8,10,12H2,1-2H3,(H2,23,30)(H,26,27,28). The van der Waals surface area contributed by atoms with E-state index < -0.39 is 22.4 Å². The molecule has 0 spiro atoms. The van der Waals surface area contributed by atoms with Crippen molar-refractivity contribution in [2.24, 2.45) is 5.73 Å². The Bertz CT molecular complexity index is 1320. The highest BCUT2D eigenvalue weighted by atomic mass is 32.2. The fourth-order valence-electron chi connectivity index (χ4n) is 3.99. The lowest BCUT2D eigenvalue weighted by Gasteiger charge is -2.29. The van der Waals surface area contributed by atoms with Crippen molar-refractivity contribution in [1.82, 2.24) is 19.9 Å². The number of anilines is 2. The van der Waals surface area contributed by atoms with E-state index >= 15 is 0 Å². The van der Waals surface area contributed by atoms with Crippen LogP contribution in [0.15, 0.2) is 33.9 Å². The van der Waals surface area contributed by atoms with Crippen LogP contribution in [0.5, 0.6) is 0 Å². The van der Waals surface area contributed by atoms with E-state index in [0.717, 1.165) is 23.2 Å². The van der Waals surface area contributed by atoms with Crippen LogP contribution in [-0.4, -0.2) is 61.2 Å². The summed E-state index contributed by atoms with van der Waals surface area (Å²) in [6.07, 6.45) is 5.88. The molecule has 34 heavy (non-hydrogen) atoms. The third-order valence-corrected chi connectivity index (χ3v) is 7.15. The predicted molar refractivity (Wildman–Crippen MR) is 127 cm³/mol. The van der Waals surface area contributed by atoms with Crippen molar-refractivity contribution in [3.8, 4) is 0 Å². The maximum atomic E-state index is 12.6. The van der Waals surface area contributed by atoms with Crippen LogP contribution < -0.4 is 16.0 Å². The number of fused-ring (bicyclic) bond motifs is 2. The lowest BCUT2D eigenvalue weighted by atomic mass is 10.1. The molecule has 3 aromatic heterocycles. The zero-order chi connectivity index (χ0) is 23.9. The summed E-state index contributed by atoms with van der Waals surface area (Å²) in [7, 11) is -1.18. The number of carbonyl (C=O) groups is 1. The predicted octanol–water partition coefficient (Wildman–Crippen LogP) is 2.26. The van der Waals surface area contributed by atoms with Gasteiger partial charge in [-0.05, 0) is 25.8 Å². The van der Waals surface area contributed by atoms with Gasteiger partial charge in [-0.1, -0.05) is 6.08 Å². The van der Waals surface area contributed by atoms with Crippen molar-refractivity contribution < 1.29 is 18.2 Å². The Morgan fingerprint density at radius 2 is 2.18 bits per heavy atom. The van der Waals surface area contributed by atoms with Gasteiger partial charge in [-0.25, -0.2) is 19.7 Å². The van der Waals surface area contributed by atoms with Crippen molar-refractivity contribution >= 4 is 45.3 Å². The third kappa shape index (κ3) is 4.45. The number of amides is 1. The number of furan rings is 1. The molecule has 0 saturated heterocycles. The van der Waals surface area contributed by atoms with Gasteiger partial charge in [0.2, 0.25) is 5.95 Å². The number of hydrogen-bond acceptors (Lipinski definition) is 10.